The number of nitrogens with zero attached hydrogens (tertiary/aromatic N) is 2. The first kappa shape index (κ1) is 15.7. The Morgan fingerprint density at radius 1 is 1.43 bits per heavy atom. The average Bonchev–Trinajstić information content (AvgIpc) is 2.47. The molecule has 2 N–H and O–H groups in total. The van der Waals surface area contributed by atoms with E-state index in [-0.39, 0.29) is 6.10 Å². The highest BCUT2D eigenvalue weighted by Gasteiger charge is 2.17. The fourth-order valence-corrected chi connectivity index (χ4v) is 2.61. The highest BCUT2D eigenvalue weighted by Crippen LogP contribution is 2.15. The molecule has 0 amide bonds. The second-order valence-corrected chi connectivity index (χ2v) is 6.13. The van der Waals surface area contributed by atoms with Gasteiger partial charge in [-0.3, -0.25) is 0 Å². The molecule has 1 aliphatic rings. The molecule has 0 bridgehead atoms. The minimum absolute atomic E-state index is 0.0217. The third-order valence-corrected chi connectivity index (χ3v) is 3.85. The number of aliphatic imine (C=N–C) groups is 1. The number of nitrogens with two attached hydrogens (primary N) is 1. The lowest BCUT2D eigenvalue weighted by molar-refractivity contribution is 0.228. The van der Waals surface area contributed by atoms with Crippen LogP contribution in [-0.2, 0) is 0 Å². The van der Waals surface area contributed by atoms with Crippen LogP contribution in [0.25, 0.3) is 0 Å². The largest absolute Gasteiger partial charge is 0.489 e. The van der Waals surface area contributed by atoms with Crippen molar-refractivity contribution >= 4 is 5.96 Å². The van der Waals surface area contributed by atoms with E-state index in [2.05, 4.69) is 35.9 Å². The smallest absolute Gasteiger partial charge is 0.191 e. The molecule has 1 aromatic carbocycles. The van der Waals surface area contributed by atoms with Crippen LogP contribution in [0.3, 0.4) is 0 Å². The van der Waals surface area contributed by atoms with Crippen LogP contribution in [0.5, 0.6) is 5.75 Å². The van der Waals surface area contributed by atoms with Crippen LogP contribution in [-0.4, -0.2) is 36.6 Å². The predicted molar refractivity (Wildman–Crippen MR) is 87.7 cm³/mol. The van der Waals surface area contributed by atoms with Crippen LogP contribution in [0.15, 0.2) is 29.3 Å². The van der Waals surface area contributed by atoms with Crippen LogP contribution in [0.4, 0.5) is 0 Å². The third-order valence-electron chi connectivity index (χ3n) is 3.85. The SMILES string of the molecule is Cc1ccc(OC(C)CN=C(N)N2CCCC(C)C2)cc1. The average molecular weight is 289 g/mol. The maximum absolute atomic E-state index is 6.09. The fraction of sp³-hybridized carbons (Fsp3) is 0.588. The summed E-state index contributed by atoms with van der Waals surface area (Å²) in [5.41, 5.74) is 7.33. The first-order valence-corrected chi connectivity index (χ1v) is 7.83. The maximum atomic E-state index is 6.09. The maximum Gasteiger partial charge on any atom is 0.191 e. The minimum atomic E-state index is 0.0217. The van der Waals surface area contributed by atoms with Crippen LogP contribution < -0.4 is 10.5 Å². The summed E-state index contributed by atoms with van der Waals surface area (Å²) in [5, 5.41) is 0. The zero-order valence-corrected chi connectivity index (χ0v) is 13.4. The number of rotatable bonds is 4. The van der Waals surface area contributed by atoms with Gasteiger partial charge < -0.3 is 15.4 Å². The molecule has 0 radical (unpaired) electrons. The van der Waals surface area contributed by atoms with Crippen LogP contribution in [0, 0.1) is 12.8 Å². The van der Waals surface area contributed by atoms with Gasteiger partial charge in [0.25, 0.3) is 0 Å². The Labute approximate surface area is 128 Å². The molecule has 1 saturated heterocycles. The topological polar surface area (TPSA) is 50.9 Å². The van der Waals surface area contributed by atoms with Crippen molar-refractivity contribution in [2.45, 2.75) is 39.7 Å². The number of ether oxygens (including phenoxy) is 1. The Hall–Kier alpha value is -1.71. The van der Waals surface area contributed by atoms with Crippen molar-refractivity contribution in [2.75, 3.05) is 19.6 Å². The molecule has 0 aliphatic carbocycles. The molecule has 4 nitrogen and oxygen atoms in total. The van der Waals surface area contributed by atoms with Crippen molar-refractivity contribution < 1.29 is 4.74 Å². The van der Waals surface area contributed by atoms with Gasteiger partial charge in [-0.15, -0.1) is 0 Å². The lowest BCUT2D eigenvalue weighted by Gasteiger charge is -2.31. The van der Waals surface area contributed by atoms with Gasteiger partial charge in [-0.1, -0.05) is 24.6 Å². The third kappa shape index (κ3) is 4.96. The summed E-state index contributed by atoms with van der Waals surface area (Å²) in [6.07, 6.45) is 2.51. The molecule has 1 heterocycles. The summed E-state index contributed by atoms with van der Waals surface area (Å²) in [4.78, 5) is 6.68. The van der Waals surface area contributed by atoms with Crippen molar-refractivity contribution in [2.24, 2.45) is 16.6 Å². The van der Waals surface area contributed by atoms with E-state index in [0.29, 0.717) is 18.4 Å². The Bertz CT molecular complexity index is 469. The number of benzene rings is 1. The van der Waals surface area contributed by atoms with Gasteiger partial charge in [0, 0.05) is 13.1 Å². The second-order valence-electron chi connectivity index (χ2n) is 6.13. The Kier molecular flexibility index (Phi) is 5.48. The van der Waals surface area contributed by atoms with E-state index in [1.54, 1.807) is 0 Å². The van der Waals surface area contributed by atoms with Crippen LogP contribution >= 0.6 is 0 Å². The van der Waals surface area contributed by atoms with E-state index in [1.807, 2.05) is 19.1 Å². The first-order valence-electron chi connectivity index (χ1n) is 7.83. The van der Waals surface area contributed by atoms with Crippen LogP contribution in [0.2, 0.25) is 0 Å². The predicted octanol–water partition coefficient (Wildman–Crippen LogP) is 2.81. The molecule has 1 fully saturated rings. The molecule has 0 aromatic heterocycles. The molecule has 1 aromatic rings. The van der Waals surface area contributed by atoms with Gasteiger partial charge in [0.2, 0.25) is 0 Å². The summed E-state index contributed by atoms with van der Waals surface area (Å²) in [6, 6.07) is 8.08. The summed E-state index contributed by atoms with van der Waals surface area (Å²) in [7, 11) is 0. The van der Waals surface area contributed by atoms with Gasteiger partial charge in [-0.25, -0.2) is 4.99 Å². The number of guanidine groups is 1. The van der Waals surface area contributed by atoms with Gasteiger partial charge in [-0.2, -0.15) is 0 Å². The van der Waals surface area contributed by atoms with Crippen molar-refractivity contribution in [1.29, 1.82) is 0 Å². The number of likely N-dealkylation sites (tertiary alicyclic amines) is 1. The summed E-state index contributed by atoms with van der Waals surface area (Å²) in [5.74, 6) is 2.24. The van der Waals surface area contributed by atoms with Gasteiger partial charge in [-0.05, 0) is 44.7 Å². The van der Waals surface area contributed by atoms with E-state index < -0.39 is 0 Å². The van der Waals surface area contributed by atoms with Crippen LogP contribution in [0.1, 0.15) is 32.3 Å². The summed E-state index contributed by atoms with van der Waals surface area (Å²) in [6.45, 7) is 8.98. The van der Waals surface area contributed by atoms with Gasteiger partial charge in [0.05, 0.1) is 6.54 Å². The second kappa shape index (κ2) is 7.34. The molecule has 2 atom stereocenters. The van der Waals surface area contributed by atoms with E-state index in [9.17, 15) is 0 Å². The van der Waals surface area contributed by atoms with Crippen molar-refractivity contribution in [3.05, 3.63) is 29.8 Å². The fourth-order valence-electron chi connectivity index (χ4n) is 2.61. The molecular formula is C17H27N3O. The summed E-state index contributed by atoms with van der Waals surface area (Å²) >= 11 is 0. The Morgan fingerprint density at radius 3 is 2.81 bits per heavy atom. The molecule has 0 saturated carbocycles. The van der Waals surface area contributed by atoms with Crippen molar-refractivity contribution in [3.8, 4) is 5.75 Å². The monoisotopic (exact) mass is 289 g/mol. The zero-order chi connectivity index (χ0) is 15.2. The molecule has 2 unspecified atom stereocenters. The highest BCUT2D eigenvalue weighted by molar-refractivity contribution is 5.78. The van der Waals surface area contributed by atoms with E-state index in [4.69, 9.17) is 10.5 Å². The number of hydrogen-bond donors (Lipinski definition) is 1. The molecule has 116 valence electrons. The Balaban J connectivity index is 1.83. The number of hydrogen-bond acceptors (Lipinski definition) is 2. The van der Waals surface area contributed by atoms with E-state index in [0.717, 1.165) is 18.8 Å². The van der Waals surface area contributed by atoms with Crippen molar-refractivity contribution in [3.63, 3.8) is 0 Å². The molecule has 1 aliphatic heterocycles. The molecule has 0 spiro atoms. The zero-order valence-electron chi connectivity index (χ0n) is 13.4. The quantitative estimate of drug-likeness (QED) is 0.685. The van der Waals surface area contributed by atoms with Crippen molar-refractivity contribution in [1.82, 2.24) is 4.90 Å². The molecular weight excluding hydrogens is 262 g/mol. The lowest BCUT2D eigenvalue weighted by atomic mass is 10.0. The standard InChI is InChI=1S/C17H27N3O/c1-13-6-8-16(9-7-13)21-15(3)11-19-17(18)20-10-4-5-14(2)12-20/h6-9,14-15H,4-5,10-12H2,1-3H3,(H2,18,19). The van der Waals surface area contributed by atoms with Gasteiger partial charge >= 0.3 is 0 Å². The Morgan fingerprint density at radius 2 is 2.14 bits per heavy atom. The molecule has 4 heteroatoms. The lowest BCUT2D eigenvalue weighted by Crippen LogP contribution is -2.43. The van der Waals surface area contributed by atoms with E-state index >= 15 is 0 Å². The number of aryl methyl sites for hydroxylation is 1. The van der Waals surface area contributed by atoms with Gasteiger partial charge in [0.1, 0.15) is 11.9 Å². The first-order chi connectivity index (χ1) is 10.0. The van der Waals surface area contributed by atoms with Gasteiger partial charge in [0.15, 0.2) is 5.96 Å². The minimum Gasteiger partial charge on any atom is -0.489 e. The molecule has 2 rings (SSSR count). The van der Waals surface area contributed by atoms with E-state index in [1.165, 1.54) is 18.4 Å². The normalized spacial score (nSPS) is 21.2. The number of piperidine rings is 1. The highest BCUT2D eigenvalue weighted by atomic mass is 16.5. The summed E-state index contributed by atoms with van der Waals surface area (Å²) < 4.78 is 5.85. The molecule has 21 heavy (non-hydrogen) atoms.